The number of carbonyl (C=O) groups is 1. The first-order valence-corrected chi connectivity index (χ1v) is 5.49. The number of H-pyrrole nitrogens is 1. The summed E-state index contributed by atoms with van der Waals surface area (Å²) in [5.41, 5.74) is 1.08. The Morgan fingerprint density at radius 3 is 2.56 bits per heavy atom. The fourth-order valence-electron chi connectivity index (χ4n) is 2.01. The van der Waals surface area contributed by atoms with E-state index in [0.29, 0.717) is 0 Å². The monoisotopic (exact) mass is 224 g/mol. The third-order valence-corrected chi connectivity index (χ3v) is 2.84. The SMILES string of the molecule is CNC(c1cc[nH]c1)C(C(=O)OC)C(C)C. The molecular weight excluding hydrogens is 204 g/mol. The maximum atomic E-state index is 11.8. The zero-order valence-corrected chi connectivity index (χ0v) is 10.3. The van der Waals surface area contributed by atoms with Crippen LogP contribution in [0.25, 0.3) is 0 Å². The van der Waals surface area contributed by atoms with Crippen molar-refractivity contribution in [3.05, 3.63) is 24.0 Å². The summed E-state index contributed by atoms with van der Waals surface area (Å²) in [6, 6.07) is 1.96. The molecule has 0 saturated heterocycles. The lowest BCUT2D eigenvalue weighted by Gasteiger charge is -2.27. The number of aromatic amines is 1. The number of hydrogen-bond donors (Lipinski definition) is 2. The molecule has 0 spiro atoms. The molecule has 0 saturated carbocycles. The van der Waals surface area contributed by atoms with E-state index < -0.39 is 0 Å². The molecule has 1 heterocycles. The summed E-state index contributed by atoms with van der Waals surface area (Å²) in [6.07, 6.45) is 3.76. The van der Waals surface area contributed by atoms with E-state index in [2.05, 4.69) is 10.3 Å². The lowest BCUT2D eigenvalue weighted by atomic mass is 9.85. The minimum absolute atomic E-state index is 0.0151. The van der Waals surface area contributed by atoms with Crippen LogP contribution in [-0.4, -0.2) is 25.1 Å². The first-order valence-electron chi connectivity index (χ1n) is 5.49. The second-order valence-electron chi connectivity index (χ2n) is 4.20. The summed E-state index contributed by atoms with van der Waals surface area (Å²) in [5.74, 6) is -0.124. The highest BCUT2D eigenvalue weighted by Crippen LogP contribution is 2.28. The molecule has 1 aromatic heterocycles. The van der Waals surface area contributed by atoms with Gasteiger partial charge in [-0.25, -0.2) is 0 Å². The van der Waals surface area contributed by atoms with E-state index in [4.69, 9.17) is 4.74 Å². The lowest BCUT2D eigenvalue weighted by Crippen LogP contribution is -2.35. The van der Waals surface area contributed by atoms with E-state index in [9.17, 15) is 4.79 Å². The molecule has 0 aliphatic carbocycles. The molecular formula is C12H20N2O2. The van der Waals surface area contributed by atoms with E-state index in [0.717, 1.165) is 5.56 Å². The van der Waals surface area contributed by atoms with Crippen molar-refractivity contribution in [3.8, 4) is 0 Å². The fraction of sp³-hybridized carbons (Fsp3) is 0.583. The van der Waals surface area contributed by atoms with Crippen LogP contribution in [-0.2, 0) is 9.53 Å². The topological polar surface area (TPSA) is 54.1 Å². The van der Waals surface area contributed by atoms with Gasteiger partial charge in [0.15, 0.2) is 0 Å². The van der Waals surface area contributed by atoms with Gasteiger partial charge in [-0.2, -0.15) is 0 Å². The Morgan fingerprint density at radius 2 is 2.19 bits per heavy atom. The summed E-state index contributed by atoms with van der Waals surface area (Å²) >= 11 is 0. The second kappa shape index (κ2) is 5.70. The molecule has 0 aliphatic rings. The minimum atomic E-state index is -0.175. The van der Waals surface area contributed by atoms with Crippen molar-refractivity contribution in [2.24, 2.45) is 11.8 Å². The Morgan fingerprint density at radius 1 is 1.50 bits per heavy atom. The van der Waals surface area contributed by atoms with Gasteiger partial charge < -0.3 is 15.0 Å². The summed E-state index contributed by atoms with van der Waals surface area (Å²) in [6.45, 7) is 4.05. The molecule has 0 aliphatic heterocycles. The smallest absolute Gasteiger partial charge is 0.310 e. The van der Waals surface area contributed by atoms with Crippen molar-refractivity contribution >= 4 is 5.97 Å². The van der Waals surface area contributed by atoms with Gasteiger partial charge in [0.25, 0.3) is 0 Å². The predicted octanol–water partition coefficient (Wildman–Crippen LogP) is 1.72. The van der Waals surface area contributed by atoms with E-state index in [1.165, 1.54) is 7.11 Å². The van der Waals surface area contributed by atoms with Crippen LogP contribution in [0.15, 0.2) is 18.5 Å². The number of carbonyl (C=O) groups excluding carboxylic acids is 1. The standard InChI is InChI=1S/C12H20N2O2/c1-8(2)10(12(15)16-4)11(13-3)9-5-6-14-7-9/h5-8,10-11,13-14H,1-4H3. The predicted molar refractivity (Wildman–Crippen MR) is 62.9 cm³/mol. The molecule has 0 bridgehead atoms. The quantitative estimate of drug-likeness (QED) is 0.749. The van der Waals surface area contributed by atoms with Gasteiger partial charge in [-0.15, -0.1) is 0 Å². The largest absolute Gasteiger partial charge is 0.469 e. The molecule has 90 valence electrons. The highest BCUT2D eigenvalue weighted by atomic mass is 16.5. The van der Waals surface area contributed by atoms with Crippen LogP contribution in [0.3, 0.4) is 0 Å². The van der Waals surface area contributed by atoms with Crippen LogP contribution < -0.4 is 5.32 Å². The molecule has 2 atom stereocenters. The lowest BCUT2D eigenvalue weighted by molar-refractivity contribution is -0.148. The number of rotatable bonds is 5. The Kier molecular flexibility index (Phi) is 4.55. The van der Waals surface area contributed by atoms with Crippen molar-refractivity contribution < 1.29 is 9.53 Å². The fourth-order valence-corrected chi connectivity index (χ4v) is 2.01. The summed E-state index contributed by atoms with van der Waals surface area (Å²) in [7, 11) is 3.29. The van der Waals surface area contributed by atoms with Gasteiger partial charge in [0.2, 0.25) is 0 Å². The van der Waals surface area contributed by atoms with Crippen molar-refractivity contribution in [2.75, 3.05) is 14.2 Å². The number of hydrogen-bond acceptors (Lipinski definition) is 3. The number of esters is 1. The Bertz CT molecular complexity index is 320. The van der Waals surface area contributed by atoms with Crippen LogP contribution in [0.2, 0.25) is 0 Å². The van der Waals surface area contributed by atoms with Crippen LogP contribution in [0.5, 0.6) is 0 Å². The maximum Gasteiger partial charge on any atom is 0.310 e. The number of aromatic nitrogens is 1. The van der Waals surface area contributed by atoms with E-state index in [1.807, 2.05) is 39.4 Å². The maximum absolute atomic E-state index is 11.8. The molecule has 1 rings (SSSR count). The first kappa shape index (κ1) is 12.8. The number of methoxy groups -OCH3 is 1. The Labute approximate surface area is 96.4 Å². The van der Waals surface area contributed by atoms with Gasteiger partial charge in [0, 0.05) is 18.4 Å². The zero-order chi connectivity index (χ0) is 12.1. The van der Waals surface area contributed by atoms with Crippen molar-refractivity contribution in [3.63, 3.8) is 0 Å². The van der Waals surface area contributed by atoms with Gasteiger partial charge in [0.05, 0.1) is 13.0 Å². The second-order valence-corrected chi connectivity index (χ2v) is 4.20. The number of nitrogens with one attached hydrogen (secondary N) is 2. The van der Waals surface area contributed by atoms with Crippen LogP contribution >= 0.6 is 0 Å². The molecule has 0 radical (unpaired) electrons. The zero-order valence-electron chi connectivity index (χ0n) is 10.3. The highest BCUT2D eigenvalue weighted by Gasteiger charge is 2.32. The molecule has 0 fully saturated rings. The average Bonchev–Trinajstić information content (AvgIpc) is 2.77. The summed E-state index contributed by atoms with van der Waals surface area (Å²) in [5, 5.41) is 3.18. The third kappa shape index (κ3) is 2.64. The van der Waals surface area contributed by atoms with Crippen molar-refractivity contribution in [1.29, 1.82) is 0 Å². The highest BCUT2D eigenvalue weighted by molar-refractivity contribution is 5.73. The van der Waals surface area contributed by atoms with Crippen LogP contribution in [0.4, 0.5) is 0 Å². The molecule has 2 N–H and O–H groups in total. The normalized spacial score (nSPS) is 14.8. The van der Waals surface area contributed by atoms with Crippen LogP contribution in [0.1, 0.15) is 25.5 Å². The van der Waals surface area contributed by atoms with E-state index >= 15 is 0 Å². The van der Waals surface area contributed by atoms with E-state index in [1.54, 1.807) is 0 Å². The summed E-state index contributed by atoms with van der Waals surface area (Å²) < 4.78 is 4.87. The van der Waals surface area contributed by atoms with Crippen molar-refractivity contribution in [2.45, 2.75) is 19.9 Å². The molecule has 0 amide bonds. The Balaban J connectivity index is 2.95. The van der Waals surface area contributed by atoms with Gasteiger partial charge in [0.1, 0.15) is 0 Å². The summed E-state index contributed by atoms with van der Waals surface area (Å²) in [4.78, 5) is 14.8. The van der Waals surface area contributed by atoms with Gasteiger partial charge in [-0.05, 0) is 24.6 Å². The minimum Gasteiger partial charge on any atom is -0.469 e. The van der Waals surface area contributed by atoms with Gasteiger partial charge in [-0.1, -0.05) is 13.8 Å². The average molecular weight is 224 g/mol. The Hall–Kier alpha value is -1.29. The first-order chi connectivity index (χ1) is 7.61. The van der Waals surface area contributed by atoms with Gasteiger partial charge in [-0.3, -0.25) is 4.79 Å². The molecule has 4 heteroatoms. The van der Waals surface area contributed by atoms with Crippen LogP contribution in [0, 0.1) is 11.8 Å². The molecule has 0 aromatic carbocycles. The third-order valence-electron chi connectivity index (χ3n) is 2.84. The molecule has 2 unspecified atom stereocenters. The van der Waals surface area contributed by atoms with Gasteiger partial charge >= 0.3 is 5.97 Å². The number of ether oxygens (including phenoxy) is 1. The molecule has 4 nitrogen and oxygen atoms in total. The molecule has 1 aromatic rings. The van der Waals surface area contributed by atoms with E-state index in [-0.39, 0.29) is 23.8 Å². The molecule has 16 heavy (non-hydrogen) atoms. The van der Waals surface area contributed by atoms with Crippen molar-refractivity contribution in [1.82, 2.24) is 10.3 Å².